The number of aliphatic hydroxyl groups is 1. The molecule has 1 radical (unpaired) electrons. The van der Waals surface area contributed by atoms with Crippen LogP contribution in [0.1, 0.15) is 23.6 Å². The highest BCUT2D eigenvalue weighted by Gasteiger charge is 2.37. The van der Waals surface area contributed by atoms with Crippen LogP contribution in [-0.4, -0.2) is 11.7 Å². The number of rotatable bonds is 2. The molecule has 0 aliphatic carbocycles. The van der Waals surface area contributed by atoms with E-state index in [2.05, 4.69) is 0 Å². The molecule has 0 amide bonds. The first kappa shape index (κ1) is 12.5. The molecule has 0 aliphatic rings. The quantitative estimate of drug-likeness (QED) is 0.845. The number of nitrogens with zero attached hydrogens (tertiary/aromatic N) is 1. The molecular formula is C11H9F3NO. The van der Waals surface area contributed by atoms with E-state index in [9.17, 15) is 13.2 Å². The second-order valence-corrected chi connectivity index (χ2v) is 3.28. The van der Waals surface area contributed by atoms with E-state index in [1.807, 2.05) is 0 Å². The number of alkyl halides is 3. The van der Waals surface area contributed by atoms with Gasteiger partial charge in [0.1, 0.15) is 0 Å². The second kappa shape index (κ2) is 4.54. The summed E-state index contributed by atoms with van der Waals surface area (Å²) in [5.74, 6) is 0.185. The molecule has 1 aromatic rings. The van der Waals surface area contributed by atoms with E-state index < -0.39 is 23.9 Å². The summed E-state index contributed by atoms with van der Waals surface area (Å²) in [6.07, 6.45) is -4.60. The van der Waals surface area contributed by atoms with Crippen LogP contribution in [0.3, 0.4) is 0 Å². The van der Waals surface area contributed by atoms with Crippen molar-refractivity contribution < 1.29 is 18.3 Å². The van der Waals surface area contributed by atoms with Crippen molar-refractivity contribution in [3.63, 3.8) is 0 Å². The van der Waals surface area contributed by atoms with Crippen molar-refractivity contribution in [1.82, 2.24) is 0 Å². The fraction of sp³-hybridized carbons (Fsp3) is 0.273. The predicted octanol–water partition coefficient (Wildman–Crippen LogP) is 2.51. The molecule has 1 N–H and O–H groups in total. The van der Waals surface area contributed by atoms with Gasteiger partial charge in [0, 0.05) is 5.92 Å². The highest BCUT2D eigenvalue weighted by atomic mass is 19.4. The summed E-state index contributed by atoms with van der Waals surface area (Å²) in [5.41, 5.74) is -1.55. The van der Waals surface area contributed by atoms with Crippen LogP contribution in [0.2, 0.25) is 0 Å². The van der Waals surface area contributed by atoms with Crippen molar-refractivity contribution in [1.29, 1.82) is 5.26 Å². The number of benzene rings is 1. The number of nitriles is 1. The van der Waals surface area contributed by atoms with Gasteiger partial charge in [-0.1, -0.05) is 19.1 Å². The Morgan fingerprint density at radius 1 is 1.44 bits per heavy atom. The Bertz CT molecular complexity index is 420. The molecule has 0 bridgehead atoms. The summed E-state index contributed by atoms with van der Waals surface area (Å²) in [6.45, 7) is 0.920. The van der Waals surface area contributed by atoms with Gasteiger partial charge in [0.2, 0.25) is 0 Å². The average Bonchev–Trinajstić information content (AvgIpc) is 2.25. The molecular weight excluding hydrogens is 219 g/mol. The number of hydrogen-bond acceptors (Lipinski definition) is 2. The third kappa shape index (κ3) is 2.34. The van der Waals surface area contributed by atoms with Gasteiger partial charge in [-0.2, -0.15) is 18.4 Å². The molecule has 0 heterocycles. The summed E-state index contributed by atoms with van der Waals surface area (Å²) in [7, 11) is 0. The molecule has 1 aromatic carbocycles. The Balaban J connectivity index is 3.46. The van der Waals surface area contributed by atoms with E-state index in [1.54, 1.807) is 0 Å². The monoisotopic (exact) mass is 228 g/mol. The zero-order valence-electron chi connectivity index (χ0n) is 8.47. The summed E-state index contributed by atoms with van der Waals surface area (Å²) in [4.78, 5) is 0. The normalized spacial score (nSPS) is 11.6. The third-order valence-corrected chi connectivity index (χ3v) is 2.17. The Morgan fingerprint density at radius 2 is 2.06 bits per heavy atom. The lowest BCUT2D eigenvalue weighted by Gasteiger charge is -2.17. The molecule has 0 saturated heterocycles. The minimum Gasteiger partial charge on any atom is -0.395 e. The van der Waals surface area contributed by atoms with Crippen LogP contribution < -0.4 is 0 Å². The minimum absolute atomic E-state index is 0.131. The molecule has 85 valence electrons. The fourth-order valence-corrected chi connectivity index (χ4v) is 1.39. The van der Waals surface area contributed by atoms with Gasteiger partial charge in [0.25, 0.3) is 0 Å². The van der Waals surface area contributed by atoms with Crippen LogP contribution >= 0.6 is 0 Å². The van der Waals surface area contributed by atoms with Crippen molar-refractivity contribution in [2.45, 2.75) is 13.1 Å². The average molecular weight is 228 g/mol. The van der Waals surface area contributed by atoms with Gasteiger partial charge in [-0.15, -0.1) is 0 Å². The maximum absolute atomic E-state index is 12.7. The van der Waals surface area contributed by atoms with Crippen LogP contribution in [0.25, 0.3) is 0 Å². The summed E-state index contributed by atoms with van der Waals surface area (Å²) in [6, 6.07) is 5.22. The topological polar surface area (TPSA) is 44.0 Å². The lowest BCUT2D eigenvalue weighted by Crippen LogP contribution is -2.15. The highest BCUT2D eigenvalue weighted by molar-refractivity contribution is 5.49. The molecule has 1 rings (SSSR count). The maximum Gasteiger partial charge on any atom is 0.417 e. The van der Waals surface area contributed by atoms with Gasteiger partial charge in [-0.25, -0.2) is 0 Å². The second-order valence-electron chi connectivity index (χ2n) is 3.28. The van der Waals surface area contributed by atoms with Crippen molar-refractivity contribution in [3.05, 3.63) is 40.8 Å². The van der Waals surface area contributed by atoms with Gasteiger partial charge in [0.05, 0.1) is 23.8 Å². The van der Waals surface area contributed by atoms with Gasteiger partial charge in [0.15, 0.2) is 0 Å². The van der Waals surface area contributed by atoms with E-state index in [-0.39, 0.29) is 11.5 Å². The molecule has 0 aromatic heterocycles. The minimum atomic E-state index is -4.60. The van der Waals surface area contributed by atoms with Crippen LogP contribution in [0.5, 0.6) is 0 Å². The van der Waals surface area contributed by atoms with Crippen LogP contribution in [0.4, 0.5) is 13.2 Å². The number of hydrogen-bond donors (Lipinski definition) is 1. The molecule has 2 nitrogen and oxygen atoms in total. The van der Waals surface area contributed by atoms with Gasteiger partial charge >= 0.3 is 6.18 Å². The zero-order chi connectivity index (χ0) is 12.3. The van der Waals surface area contributed by atoms with Crippen molar-refractivity contribution >= 4 is 0 Å². The Labute approximate surface area is 90.9 Å². The van der Waals surface area contributed by atoms with Crippen molar-refractivity contribution in [3.8, 4) is 6.07 Å². The lowest BCUT2D eigenvalue weighted by molar-refractivity contribution is -0.138. The van der Waals surface area contributed by atoms with E-state index in [4.69, 9.17) is 10.4 Å². The first-order chi connectivity index (χ1) is 7.41. The molecule has 5 heteroatoms. The predicted molar refractivity (Wildman–Crippen MR) is 51.3 cm³/mol. The summed E-state index contributed by atoms with van der Waals surface area (Å²) < 4.78 is 38.2. The number of halogens is 3. The highest BCUT2D eigenvalue weighted by Crippen LogP contribution is 2.37. The molecule has 0 fully saturated rings. The van der Waals surface area contributed by atoms with Crippen molar-refractivity contribution in [2.75, 3.05) is 6.61 Å². The van der Waals surface area contributed by atoms with Crippen molar-refractivity contribution in [2.24, 2.45) is 0 Å². The Kier molecular flexibility index (Phi) is 3.55. The smallest absolute Gasteiger partial charge is 0.395 e. The SMILES string of the molecule is C[C](CO)c1cccc(C#N)c1C(F)(F)F. The summed E-state index contributed by atoms with van der Waals surface area (Å²) in [5, 5.41) is 17.5. The zero-order valence-corrected chi connectivity index (χ0v) is 8.47. The van der Waals surface area contributed by atoms with Gasteiger partial charge in [-0.05, 0) is 11.6 Å². The molecule has 0 aliphatic heterocycles. The maximum atomic E-state index is 12.7. The molecule has 0 unspecified atom stereocenters. The lowest BCUT2D eigenvalue weighted by atomic mass is 9.92. The van der Waals surface area contributed by atoms with Crippen LogP contribution in [0.15, 0.2) is 18.2 Å². The van der Waals surface area contributed by atoms with Crippen LogP contribution in [0, 0.1) is 17.2 Å². The summed E-state index contributed by atoms with van der Waals surface area (Å²) >= 11 is 0. The standard InChI is InChI=1S/C11H9F3NO/c1-7(6-16)9-4-2-3-8(5-15)10(9)11(12,13)14/h2-4,16H,6H2,1H3. The van der Waals surface area contributed by atoms with Gasteiger partial charge in [-0.3, -0.25) is 0 Å². The van der Waals surface area contributed by atoms with E-state index in [0.717, 1.165) is 6.07 Å². The Hall–Kier alpha value is -1.54. The first-order valence-electron chi connectivity index (χ1n) is 4.45. The molecule has 0 saturated carbocycles. The fourth-order valence-electron chi connectivity index (χ4n) is 1.39. The molecule has 0 spiro atoms. The largest absolute Gasteiger partial charge is 0.417 e. The van der Waals surface area contributed by atoms with Crippen LogP contribution in [-0.2, 0) is 6.18 Å². The van der Waals surface area contributed by atoms with E-state index in [0.29, 0.717) is 0 Å². The number of aliphatic hydroxyl groups excluding tert-OH is 1. The first-order valence-corrected chi connectivity index (χ1v) is 4.45. The molecule has 0 atom stereocenters. The Morgan fingerprint density at radius 3 is 2.50 bits per heavy atom. The molecule has 16 heavy (non-hydrogen) atoms. The van der Waals surface area contributed by atoms with Gasteiger partial charge < -0.3 is 5.11 Å². The third-order valence-electron chi connectivity index (χ3n) is 2.17. The van der Waals surface area contributed by atoms with E-state index >= 15 is 0 Å². The van der Waals surface area contributed by atoms with E-state index in [1.165, 1.54) is 25.1 Å².